The molecule has 3 nitrogen and oxygen atoms in total. The molecule has 0 atom stereocenters. The van der Waals surface area contributed by atoms with Gasteiger partial charge in [-0.25, -0.2) is 0 Å². The van der Waals surface area contributed by atoms with E-state index in [9.17, 15) is 18.0 Å². The fourth-order valence-corrected chi connectivity index (χ4v) is 2.08. The van der Waals surface area contributed by atoms with E-state index in [1.807, 2.05) is 0 Å². The second kappa shape index (κ2) is 4.47. The first-order valence-corrected chi connectivity index (χ1v) is 6.15. The lowest BCUT2D eigenvalue weighted by atomic mass is 10.0. The van der Waals surface area contributed by atoms with E-state index in [4.69, 9.17) is 4.52 Å². The predicted octanol–water partition coefficient (Wildman–Crippen LogP) is 3.80. The summed E-state index contributed by atoms with van der Waals surface area (Å²) in [6, 6.07) is 7.76. The largest absolute Gasteiger partial charge is 0.422 e. The third-order valence-corrected chi connectivity index (χ3v) is 3.20. The van der Waals surface area contributed by atoms with Crippen LogP contribution < -0.4 is 0 Å². The number of rotatable bonds is 3. The number of halogens is 3. The maximum Gasteiger partial charge on any atom is 0.422 e. The molecule has 1 aliphatic carbocycles. The quantitative estimate of drug-likeness (QED) is 0.804. The molecule has 20 heavy (non-hydrogen) atoms. The molecule has 0 unspecified atom stereocenters. The zero-order valence-corrected chi connectivity index (χ0v) is 10.3. The zero-order valence-electron chi connectivity index (χ0n) is 10.3. The first-order chi connectivity index (χ1) is 9.48. The highest BCUT2D eigenvalue weighted by Gasteiger charge is 2.46. The van der Waals surface area contributed by atoms with Crippen molar-refractivity contribution in [2.45, 2.75) is 24.9 Å². The maximum atomic E-state index is 13.2. The summed E-state index contributed by atoms with van der Waals surface area (Å²) in [5, 5.41) is 3.38. The Morgan fingerprint density at radius 3 is 2.40 bits per heavy atom. The molecule has 1 fully saturated rings. The minimum Gasteiger partial charge on any atom is -0.360 e. The van der Waals surface area contributed by atoms with E-state index in [1.165, 1.54) is 12.1 Å². The Hall–Kier alpha value is -2.11. The second-order valence-electron chi connectivity index (χ2n) is 4.74. The molecule has 0 spiro atoms. The van der Waals surface area contributed by atoms with Gasteiger partial charge in [-0.15, -0.1) is 0 Å². The topological polar surface area (TPSA) is 43.1 Å². The molecule has 0 N–H and O–H groups in total. The number of alkyl halides is 3. The molecular weight excluding hydrogens is 271 g/mol. The number of aromatic nitrogens is 1. The average Bonchev–Trinajstić information content (AvgIpc) is 3.16. The van der Waals surface area contributed by atoms with E-state index >= 15 is 0 Å². The molecule has 1 aliphatic rings. The highest BCUT2D eigenvalue weighted by molar-refractivity contribution is 6.08. The van der Waals surface area contributed by atoms with Gasteiger partial charge in [0.15, 0.2) is 11.5 Å². The summed E-state index contributed by atoms with van der Waals surface area (Å²) >= 11 is 0. The van der Waals surface area contributed by atoms with Crippen molar-refractivity contribution >= 4 is 5.78 Å². The van der Waals surface area contributed by atoms with Gasteiger partial charge in [0.1, 0.15) is 5.56 Å². The molecule has 1 aromatic heterocycles. The molecule has 0 bridgehead atoms. The molecule has 6 heteroatoms. The van der Waals surface area contributed by atoms with Crippen LogP contribution in [0.25, 0.3) is 0 Å². The van der Waals surface area contributed by atoms with E-state index < -0.39 is 23.2 Å². The molecule has 1 aromatic carbocycles. The Bertz CT molecular complexity index is 642. The minimum atomic E-state index is -4.64. The summed E-state index contributed by atoms with van der Waals surface area (Å²) in [6.07, 6.45) is -3.37. The highest BCUT2D eigenvalue weighted by Crippen LogP contribution is 2.47. The van der Waals surface area contributed by atoms with Crippen molar-refractivity contribution in [1.82, 2.24) is 5.16 Å². The number of carbonyl (C=O) groups is 1. The first kappa shape index (κ1) is 12.9. The van der Waals surface area contributed by atoms with Gasteiger partial charge < -0.3 is 4.52 Å². The van der Waals surface area contributed by atoms with E-state index in [0.29, 0.717) is 12.8 Å². The van der Waals surface area contributed by atoms with Gasteiger partial charge in [-0.2, -0.15) is 13.2 Å². The van der Waals surface area contributed by atoms with Crippen molar-refractivity contribution in [1.29, 1.82) is 0 Å². The number of benzene rings is 1. The Kier molecular flexibility index (Phi) is 2.88. The standard InChI is InChI=1S/C14H10F3NO2/c15-14(16,17)10-11(18-20-13(10)9-6-7-9)12(19)8-4-2-1-3-5-8/h1-5,9H,6-7H2. The van der Waals surface area contributed by atoms with Crippen LogP contribution >= 0.6 is 0 Å². The van der Waals surface area contributed by atoms with E-state index in [2.05, 4.69) is 5.16 Å². The fraction of sp³-hybridized carbons (Fsp3) is 0.286. The van der Waals surface area contributed by atoms with E-state index in [-0.39, 0.29) is 17.2 Å². The van der Waals surface area contributed by atoms with Crippen molar-refractivity contribution in [3.63, 3.8) is 0 Å². The van der Waals surface area contributed by atoms with Gasteiger partial charge in [0.05, 0.1) is 0 Å². The van der Waals surface area contributed by atoms with Crippen LogP contribution in [0.5, 0.6) is 0 Å². The third kappa shape index (κ3) is 2.21. The van der Waals surface area contributed by atoms with Gasteiger partial charge in [-0.05, 0) is 12.8 Å². The molecule has 104 valence electrons. The van der Waals surface area contributed by atoms with Gasteiger partial charge in [-0.3, -0.25) is 4.79 Å². The Morgan fingerprint density at radius 2 is 1.85 bits per heavy atom. The molecule has 0 saturated heterocycles. The predicted molar refractivity (Wildman–Crippen MR) is 63.4 cm³/mol. The number of hydrogen-bond donors (Lipinski definition) is 0. The van der Waals surface area contributed by atoms with Crippen LogP contribution in [0.1, 0.15) is 46.1 Å². The molecule has 3 rings (SSSR count). The summed E-state index contributed by atoms with van der Waals surface area (Å²) in [7, 11) is 0. The summed E-state index contributed by atoms with van der Waals surface area (Å²) in [5.41, 5.74) is -1.51. The summed E-state index contributed by atoms with van der Waals surface area (Å²) in [5.74, 6) is -1.25. The lowest BCUT2D eigenvalue weighted by molar-refractivity contribution is -0.139. The van der Waals surface area contributed by atoms with Crippen LogP contribution in [0.3, 0.4) is 0 Å². The number of nitrogens with zero attached hydrogens (tertiary/aromatic N) is 1. The van der Waals surface area contributed by atoms with Gasteiger partial charge in [0.2, 0.25) is 5.78 Å². The fourth-order valence-electron chi connectivity index (χ4n) is 2.08. The normalized spacial score (nSPS) is 15.3. The molecule has 1 heterocycles. The summed E-state index contributed by atoms with van der Waals surface area (Å²) < 4.78 is 44.3. The molecule has 0 aliphatic heterocycles. The van der Waals surface area contributed by atoms with Crippen molar-refractivity contribution in [2.24, 2.45) is 0 Å². The monoisotopic (exact) mass is 281 g/mol. The van der Waals surface area contributed by atoms with Gasteiger partial charge in [-0.1, -0.05) is 35.5 Å². The SMILES string of the molecule is O=C(c1ccccc1)c1noc(C2CC2)c1C(F)(F)F. The molecule has 2 aromatic rings. The zero-order chi connectivity index (χ0) is 14.3. The van der Waals surface area contributed by atoms with Crippen LogP contribution in [0, 0.1) is 0 Å². The lowest BCUT2D eigenvalue weighted by Gasteiger charge is -2.07. The molecule has 1 saturated carbocycles. The van der Waals surface area contributed by atoms with Crippen molar-refractivity contribution in [3.8, 4) is 0 Å². The number of hydrogen-bond acceptors (Lipinski definition) is 3. The number of carbonyl (C=O) groups excluding carboxylic acids is 1. The maximum absolute atomic E-state index is 13.2. The Labute approximate surface area is 112 Å². The second-order valence-corrected chi connectivity index (χ2v) is 4.74. The van der Waals surface area contributed by atoms with Gasteiger partial charge >= 0.3 is 6.18 Å². The molecule has 0 amide bonds. The van der Waals surface area contributed by atoms with Crippen LogP contribution in [0.4, 0.5) is 13.2 Å². The van der Waals surface area contributed by atoms with Gasteiger partial charge in [0.25, 0.3) is 0 Å². The first-order valence-electron chi connectivity index (χ1n) is 6.15. The Morgan fingerprint density at radius 1 is 1.20 bits per heavy atom. The van der Waals surface area contributed by atoms with E-state index in [1.54, 1.807) is 18.2 Å². The molecule has 0 radical (unpaired) electrons. The lowest BCUT2D eigenvalue weighted by Crippen LogP contribution is -2.14. The number of ketones is 1. The van der Waals surface area contributed by atoms with Crippen molar-refractivity contribution in [2.75, 3.05) is 0 Å². The Balaban J connectivity index is 2.08. The average molecular weight is 281 g/mol. The van der Waals surface area contributed by atoms with Gasteiger partial charge in [0, 0.05) is 11.5 Å². The summed E-state index contributed by atoms with van der Waals surface area (Å²) in [4.78, 5) is 12.1. The minimum absolute atomic E-state index is 0.161. The molecular formula is C14H10F3NO2. The summed E-state index contributed by atoms with van der Waals surface area (Å²) in [6.45, 7) is 0. The van der Waals surface area contributed by atoms with Crippen molar-refractivity contribution in [3.05, 3.63) is 52.9 Å². The highest BCUT2D eigenvalue weighted by atomic mass is 19.4. The van der Waals surface area contributed by atoms with Crippen molar-refractivity contribution < 1.29 is 22.5 Å². The van der Waals surface area contributed by atoms with Crippen LogP contribution in [-0.2, 0) is 6.18 Å². The van der Waals surface area contributed by atoms with E-state index in [0.717, 1.165) is 0 Å². The van der Waals surface area contributed by atoms with Crippen LogP contribution in [0.2, 0.25) is 0 Å². The smallest absolute Gasteiger partial charge is 0.360 e. The van der Waals surface area contributed by atoms with Crippen LogP contribution in [-0.4, -0.2) is 10.9 Å². The van der Waals surface area contributed by atoms with Crippen LogP contribution in [0.15, 0.2) is 34.9 Å². The third-order valence-electron chi connectivity index (χ3n) is 3.20.